The van der Waals surface area contributed by atoms with E-state index in [1.54, 1.807) is 31.2 Å². The molecule has 13 heteroatoms. The van der Waals surface area contributed by atoms with Gasteiger partial charge in [0.1, 0.15) is 29.0 Å². The molecule has 0 unspecified atom stereocenters. The zero-order valence-corrected chi connectivity index (χ0v) is 21.4. The maximum atomic E-state index is 13.9. The summed E-state index contributed by atoms with van der Waals surface area (Å²) >= 11 is 0.630. The minimum atomic E-state index is -1.36. The molecule has 3 rings (SSSR count). The Labute approximate surface area is 221 Å². The molecule has 0 aliphatic rings. The van der Waals surface area contributed by atoms with E-state index < -0.39 is 42.1 Å². The zero-order valence-electron chi connectivity index (χ0n) is 20.6. The molecule has 3 amide bonds. The number of amides is 3. The molecule has 0 bridgehead atoms. The summed E-state index contributed by atoms with van der Waals surface area (Å²) in [4.78, 5) is 52.0. The fourth-order valence-corrected chi connectivity index (χ4v) is 4.26. The van der Waals surface area contributed by atoms with E-state index in [0.717, 1.165) is 17.0 Å². The molecule has 0 aliphatic carbocycles. The van der Waals surface area contributed by atoms with E-state index in [0.29, 0.717) is 29.5 Å². The Balaban J connectivity index is 2.14. The smallest absolute Gasteiger partial charge is 0.325 e. The van der Waals surface area contributed by atoms with Crippen LogP contribution in [0.15, 0.2) is 48.5 Å². The van der Waals surface area contributed by atoms with Gasteiger partial charge in [-0.1, -0.05) is 12.1 Å². The number of hydrogen-bond donors (Lipinski definition) is 3. The Kier molecular flexibility index (Phi) is 9.33. The number of rotatable bonds is 11. The maximum Gasteiger partial charge on any atom is 0.325 e. The molecule has 0 saturated carbocycles. The summed E-state index contributed by atoms with van der Waals surface area (Å²) in [5, 5.41) is 2.48. The largest absolute Gasteiger partial charge is 0.494 e. The summed E-state index contributed by atoms with van der Waals surface area (Å²) in [5.41, 5.74) is 11.2. The second kappa shape index (κ2) is 12.6. The van der Waals surface area contributed by atoms with Crippen LogP contribution in [-0.4, -0.2) is 47.8 Å². The van der Waals surface area contributed by atoms with Gasteiger partial charge >= 0.3 is 5.97 Å². The number of nitrogens with one attached hydrogen (secondary N) is 1. The minimum absolute atomic E-state index is 0.115. The molecular formula is C25H26FN5O6S. The van der Waals surface area contributed by atoms with Gasteiger partial charge in [-0.15, -0.1) is 0 Å². The van der Waals surface area contributed by atoms with E-state index >= 15 is 0 Å². The highest BCUT2D eigenvalue weighted by molar-refractivity contribution is 7.09. The fourth-order valence-electron chi connectivity index (χ4n) is 3.52. The molecule has 200 valence electrons. The third kappa shape index (κ3) is 6.42. The predicted molar refractivity (Wildman–Crippen MR) is 138 cm³/mol. The molecule has 1 heterocycles. The first kappa shape index (κ1) is 28.1. The molecule has 0 saturated heterocycles. The zero-order chi connectivity index (χ0) is 27.8. The number of aromatic nitrogens is 1. The molecule has 0 aliphatic heterocycles. The quantitative estimate of drug-likeness (QED) is 0.310. The number of carbonyl (C=O) groups is 4. The monoisotopic (exact) mass is 543 g/mol. The number of nitrogen functional groups attached to an aromatic ring is 1. The Hall–Kier alpha value is -4.52. The van der Waals surface area contributed by atoms with Gasteiger partial charge in [-0.2, -0.15) is 4.37 Å². The van der Waals surface area contributed by atoms with E-state index in [-0.39, 0.29) is 28.6 Å². The van der Waals surface area contributed by atoms with Crippen LogP contribution in [0.3, 0.4) is 0 Å². The topological polar surface area (TPSA) is 167 Å². The Morgan fingerprint density at radius 3 is 2.26 bits per heavy atom. The normalized spacial score (nSPS) is 11.3. The second-order valence-electron chi connectivity index (χ2n) is 7.72. The van der Waals surface area contributed by atoms with Crippen LogP contribution in [0.2, 0.25) is 0 Å². The van der Waals surface area contributed by atoms with E-state index in [1.165, 1.54) is 12.1 Å². The SMILES string of the molecule is CCOC(=O)CNC(=O)[C@H](c1ccc(OCC)cc1)N(C(=O)c1snc(C(N)=O)c1N)c1ccc(F)cc1. The van der Waals surface area contributed by atoms with Gasteiger partial charge in [0.15, 0.2) is 5.69 Å². The van der Waals surface area contributed by atoms with Gasteiger partial charge < -0.3 is 26.3 Å². The number of ether oxygens (including phenoxy) is 2. The van der Waals surface area contributed by atoms with Crippen LogP contribution in [0.25, 0.3) is 0 Å². The molecule has 5 N–H and O–H groups in total. The first-order valence-electron chi connectivity index (χ1n) is 11.5. The lowest BCUT2D eigenvalue weighted by atomic mass is 10.0. The van der Waals surface area contributed by atoms with Crippen molar-refractivity contribution in [3.63, 3.8) is 0 Å². The third-order valence-electron chi connectivity index (χ3n) is 5.20. The number of nitrogens with zero attached hydrogens (tertiary/aromatic N) is 2. The summed E-state index contributed by atoms with van der Waals surface area (Å²) in [6, 6.07) is 9.87. The lowest BCUT2D eigenvalue weighted by Gasteiger charge is -2.31. The summed E-state index contributed by atoms with van der Waals surface area (Å²) in [7, 11) is 0. The third-order valence-corrected chi connectivity index (χ3v) is 6.06. The van der Waals surface area contributed by atoms with Crippen molar-refractivity contribution in [3.05, 3.63) is 70.5 Å². The van der Waals surface area contributed by atoms with Gasteiger partial charge in [0, 0.05) is 5.69 Å². The van der Waals surface area contributed by atoms with Crippen molar-refractivity contribution in [2.45, 2.75) is 19.9 Å². The first-order chi connectivity index (χ1) is 18.2. The Morgan fingerprint density at radius 1 is 1.05 bits per heavy atom. The molecule has 1 atom stereocenters. The van der Waals surface area contributed by atoms with Crippen LogP contribution >= 0.6 is 11.5 Å². The number of esters is 1. The predicted octanol–water partition coefficient (Wildman–Crippen LogP) is 2.43. The van der Waals surface area contributed by atoms with Gasteiger partial charge in [0.25, 0.3) is 11.8 Å². The van der Waals surface area contributed by atoms with Gasteiger partial charge in [0.05, 0.1) is 18.9 Å². The first-order valence-corrected chi connectivity index (χ1v) is 12.2. The number of nitrogens with two attached hydrogens (primary N) is 2. The van der Waals surface area contributed by atoms with E-state index in [9.17, 15) is 23.6 Å². The lowest BCUT2D eigenvalue weighted by molar-refractivity contribution is -0.143. The van der Waals surface area contributed by atoms with Crippen LogP contribution in [0.4, 0.5) is 15.8 Å². The van der Waals surface area contributed by atoms with Gasteiger partial charge in [-0.05, 0) is 67.3 Å². The van der Waals surface area contributed by atoms with Crippen LogP contribution < -0.4 is 26.4 Å². The number of primary amides is 1. The van der Waals surface area contributed by atoms with Crippen LogP contribution in [-0.2, 0) is 14.3 Å². The lowest BCUT2D eigenvalue weighted by Crippen LogP contribution is -2.45. The number of benzene rings is 2. The summed E-state index contributed by atoms with van der Waals surface area (Å²) in [6.45, 7) is 3.51. The van der Waals surface area contributed by atoms with Crippen LogP contribution in [0.5, 0.6) is 5.75 Å². The van der Waals surface area contributed by atoms with Crippen LogP contribution in [0, 0.1) is 5.82 Å². The minimum Gasteiger partial charge on any atom is -0.494 e. The fraction of sp³-hybridized carbons (Fsp3) is 0.240. The standard InChI is InChI=1S/C25H26FN5O6S/c1-3-36-17-11-5-14(6-12-17)21(24(34)29-13-18(32)37-4-2)31(16-9-7-15(26)8-10-16)25(35)22-19(27)20(23(28)33)30-38-22/h5-12,21H,3-4,13,27H2,1-2H3,(H2,28,33)(H,29,34)/t21-/m0/s1. The average molecular weight is 544 g/mol. The maximum absolute atomic E-state index is 13.9. The highest BCUT2D eigenvalue weighted by Gasteiger charge is 2.36. The molecule has 2 aromatic carbocycles. The van der Waals surface area contributed by atoms with E-state index in [1.807, 2.05) is 6.92 Å². The molecule has 38 heavy (non-hydrogen) atoms. The second-order valence-corrected chi connectivity index (χ2v) is 8.49. The highest BCUT2D eigenvalue weighted by Crippen LogP contribution is 2.33. The number of anilines is 2. The number of halogens is 1. The summed E-state index contributed by atoms with van der Waals surface area (Å²) in [6.07, 6.45) is 0. The van der Waals surface area contributed by atoms with Crippen molar-refractivity contribution in [3.8, 4) is 5.75 Å². The highest BCUT2D eigenvalue weighted by atomic mass is 32.1. The molecule has 3 aromatic rings. The van der Waals surface area contributed by atoms with Crippen molar-refractivity contribution >= 4 is 46.6 Å². The van der Waals surface area contributed by atoms with Crippen molar-refractivity contribution < 1.29 is 33.0 Å². The van der Waals surface area contributed by atoms with Crippen LogP contribution in [0.1, 0.15) is 45.6 Å². The Bertz CT molecular complexity index is 1310. The molecule has 0 fully saturated rings. The van der Waals surface area contributed by atoms with E-state index in [2.05, 4.69) is 9.69 Å². The van der Waals surface area contributed by atoms with Crippen molar-refractivity contribution in [2.24, 2.45) is 5.73 Å². The van der Waals surface area contributed by atoms with Gasteiger partial charge in [-0.25, -0.2) is 4.39 Å². The summed E-state index contributed by atoms with van der Waals surface area (Å²) in [5.74, 6) is -3.19. The van der Waals surface area contributed by atoms with Crippen molar-refractivity contribution in [2.75, 3.05) is 30.4 Å². The summed E-state index contributed by atoms with van der Waals surface area (Å²) < 4.78 is 28.0. The average Bonchev–Trinajstić information content (AvgIpc) is 3.29. The molecule has 1 aromatic heterocycles. The van der Waals surface area contributed by atoms with Crippen molar-refractivity contribution in [1.29, 1.82) is 0 Å². The van der Waals surface area contributed by atoms with Crippen molar-refractivity contribution in [1.82, 2.24) is 9.69 Å². The number of hydrogen-bond acceptors (Lipinski definition) is 9. The van der Waals surface area contributed by atoms with Gasteiger partial charge in [-0.3, -0.25) is 24.1 Å². The Morgan fingerprint density at radius 2 is 1.71 bits per heavy atom. The van der Waals surface area contributed by atoms with Gasteiger partial charge in [0.2, 0.25) is 5.91 Å². The number of carbonyl (C=O) groups excluding carboxylic acids is 4. The molecular weight excluding hydrogens is 517 g/mol. The molecule has 0 spiro atoms. The van der Waals surface area contributed by atoms with E-state index in [4.69, 9.17) is 20.9 Å². The molecule has 0 radical (unpaired) electrons. The molecule has 11 nitrogen and oxygen atoms in total.